The van der Waals surface area contributed by atoms with Gasteiger partial charge >= 0.3 is 0 Å². The molecule has 0 bridgehead atoms. The molecule has 0 amide bonds. The molecule has 0 radical (unpaired) electrons. The van der Waals surface area contributed by atoms with Crippen LogP contribution in [-0.4, -0.2) is 29.5 Å². The van der Waals surface area contributed by atoms with Crippen molar-refractivity contribution in [3.05, 3.63) is 54.5 Å². The molecule has 3 rings (SSSR count). The second kappa shape index (κ2) is 5.62. The van der Waals surface area contributed by atoms with Gasteiger partial charge in [-0.25, -0.2) is 13.4 Å². The molecule has 1 heterocycles. The smallest absolute Gasteiger partial charge is 0.175 e. The fourth-order valence-corrected chi connectivity index (χ4v) is 3.24. The number of hydrogen-bond acceptors (Lipinski definition) is 4. The van der Waals surface area contributed by atoms with E-state index >= 15 is 0 Å². The highest BCUT2D eigenvalue weighted by Crippen LogP contribution is 2.29. The van der Waals surface area contributed by atoms with Gasteiger partial charge in [0.15, 0.2) is 9.84 Å². The molecule has 4 nitrogen and oxygen atoms in total. The minimum Gasteiger partial charge on any atom is -0.344 e. The van der Waals surface area contributed by atoms with Crippen LogP contribution < -0.4 is 0 Å². The first-order chi connectivity index (χ1) is 10.5. The van der Waals surface area contributed by atoms with E-state index in [0.717, 1.165) is 33.8 Å². The van der Waals surface area contributed by atoms with Crippen molar-refractivity contribution in [2.45, 2.75) is 11.3 Å². The Morgan fingerprint density at radius 1 is 1.23 bits per heavy atom. The second-order valence-electron chi connectivity index (χ2n) is 5.06. The largest absolute Gasteiger partial charge is 0.344 e. The van der Waals surface area contributed by atoms with Gasteiger partial charge in [-0.05, 0) is 12.1 Å². The van der Waals surface area contributed by atoms with Crippen molar-refractivity contribution in [2.24, 2.45) is 0 Å². The highest BCUT2D eigenvalue weighted by Gasteiger charge is 2.17. The van der Waals surface area contributed by atoms with Crippen LogP contribution in [0.4, 0.5) is 0 Å². The van der Waals surface area contributed by atoms with Crippen molar-refractivity contribution in [3.63, 3.8) is 0 Å². The molecule has 112 valence electrons. The zero-order valence-electron chi connectivity index (χ0n) is 11.9. The molecule has 6 heteroatoms. The molecule has 1 aliphatic rings. The molecule has 2 aromatic rings. The third kappa shape index (κ3) is 2.80. The Hall–Kier alpha value is -2.05. The van der Waals surface area contributed by atoms with Gasteiger partial charge in [-0.15, -0.1) is 0 Å². The molecule has 1 aromatic carbocycles. The van der Waals surface area contributed by atoms with Gasteiger partial charge in [0.2, 0.25) is 0 Å². The van der Waals surface area contributed by atoms with Crippen molar-refractivity contribution in [2.75, 3.05) is 6.26 Å². The van der Waals surface area contributed by atoms with Crippen LogP contribution in [0.15, 0.2) is 53.7 Å². The molecule has 0 unspecified atom stereocenters. The molecule has 0 saturated heterocycles. The summed E-state index contributed by atoms with van der Waals surface area (Å²) in [5, 5.41) is 0. The fourth-order valence-electron chi connectivity index (χ4n) is 2.34. The first kappa shape index (κ1) is 14.9. The lowest BCUT2D eigenvalue weighted by molar-refractivity contribution is 0.602. The number of nitrogens with zero attached hydrogens (tertiary/aromatic N) is 1. The van der Waals surface area contributed by atoms with E-state index in [0.29, 0.717) is 4.90 Å². The molecule has 0 atom stereocenters. The topological polar surface area (TPSA) is 62.8 Å². The lowest BCUT2D eigenvalue weighted by Crippen LogP contribution is -2.02. The van der Waals surface area contributed by atoms with Crippen LogP contribution in [-0.2, 0) is 9.84 Å². The molecule has 1 aliphatic carbocycles. The van der Waals surface area contributed by atoms with E-state index < -0.39 is 9.84 Å². The van der Waals surface area contributed by atoms with Crippen molar-refractivity contribution >= 4 is 32.5 Å². The molecule has 1 N–H and O–H groups in total. The Balaban J connectivity index is 2.04. The summed E-state index contributed by atoms with van der Waals surface area (Å²) in [6.45, 7) is 0. The Morgan fingerprint density at radius 3 is 2.59 bits per heavy atom. The Morgan fingerprint density at radius 2 is 1.95 bits per heavy atom. The minimum absolute atomic E-state index is 0.295. The number of benzene rings is 1. The van der Waals surface area contributed by atoms with E-state index in [1.54, 1.807) is 30.6 Å². The number of aromatic nitrogens is 2. The number of thiocarbonyl (C=S) groups is 1. The van der Waals surface area contributed by atoms with Gasteiger partial charge in [0.25, 0.3) is 0 Å². The monoisotopic (exact) mass is 330 g/mol. The maximum absolute atomic E-state index is 11.5. The highest BCUT2D eigenvalue weighted by atomic mass is 32.2. The summed E-state index contributed by atoms with van der Waals surface area (Å²) in [7, 11) is -3.20. The van der Waals surface area contributed by atoms with Gasteiger partial charge in [-0.1, -0.05) is 42.6 Å². The Kier molecular flexibility index (Phi) is 3.80. The lowest BCUT2D eigenvalue weighted by atomic mass is 9.98. The van der Waals surface area contributed by atoms with E-state index in [4.69, 9.17) is 12.2 Å². The zero-order chi connectivity index (χ0) is 15.7. The lowest BCUT2D eigenvalue weighted by Gasteiger charge is -2.11. The number of allylic oxidation sites excluding steroid dienone is 4. The Bertz CT molecular complexity index is 888. The number of aromatic amines is 1. The summed E-state index contributed by atoms with van der Waals surface area (Å²) in [6, 6.07) is 6.71. The predicted molar refractivity (Wildman–Crippen MR) is 91.5 cm³/mol. The van der Waals surface area contributed by atoms with E-state index in [1.165, 1.54) is 6.26 Å². The summed E-state index contributed by atoms with van der Waals surface area (Å²) in [4.78, 5) is 8.65. The number of rotatable bonds is 3. The van der Waals surface area contributed by atoms with Crippen molar-refractivity contribution < 1.29 is 8.42 Å². The summed E-state index contributed by atoms with van der Waals surface area (Å²) in [5.41, 5.74) is 3.43. The average Bonchev–Trinajstić information content (AvgIpc) is 2.96. The fraction of sp³-hybridized carbons (Fsp3) is 0.125. The quantitative estimate of drug-likeness (QED) is 0.878. The number of sulfone groups is 1. The van der Waals surface area contributed by atoms with E-state index in [-0.39, 0.29) is 0 Å². The van der Waals surface area contributed by atoms with Crippen LogP contribution in [0.2, 0.25) is 0 Å². The molecule has 1 aromatic heterocycles. The first-order valence-electron chi connectivity index (χ1n) is 6.71. The van der Waals surface area contributed by atoms with Crippen LogP contribution in [0.25, 0.3) is 16.8 Å². The molecule has 22 heavy (non-hydrogen) atoms. The third-order valence-corrected chi connectivity index (χ3v) is 4.98. The molecular weight excluding hydrogens is 316 g/mol. The van der Waals surface area contributed by atoms with Crippen molar-refractivity contribution in [3.8, 4) is 11.3 Å². The van der Waals surface area contributed by atoms with E-state index in [9.17, 15) is 8.42 Å². The normalized spacial score (nSPS) is 15.0. The molecular formula is C16H14N2O2S2. The summed E-state index contributed by atoms with van der Waals surface area (Å²) < 4.78 is 23.1. The summed E-state index contributed by atoms with van der Waals surface area (Å²) >= 11 is 5.41. The molecule has 0 saturated carbocycles. The first-order valence-corrected chi connectivity index (χ1v) is 9.01. The van der Waals surface area contributed by atoms with Crippen LogP contribution in [0, 0.1) is 0 Å². The van der Waals surface area contributed by atoms with Crippen LogP contribution in [0.1, 0.15) is 12.1 Å². The van der Waals surface area contributed by atoms with Crippen molar-refractivity contribution in [1.29, 1.82) is 0 Å². The van der Waals surface area contributed by atoms with Gasteiger partial charge < -0.3 is 4.98 Å². The van der Waals surface area contributed by atoms with Gasteiger partial charge in [0.1, 0.15) is 0 Å². The predicted octanol–water partition coefficient (Wildman–Crippen LogP) is 3.19. The van der Waals surface area contributed by atoms with Crippen LogP contribution in [0.3, 0.4) is 0 Å². The van der Waals surface area contributed by atoms with Gasteiger partial charge in [0.05, 0.1) is 22.6 Å². The third-order valence-electron chi connectivity index (χ3n) is 3.47. The van der Waals surface area contributed by atoms with Crippen LogP contribution in [0.5, 0.6) is 0 Å². The van der Waals surface area contributed by atoms with Gasteiger partial charge in [-0.2, -0.15) is 0 Å². The van der Waals surface area contributed by atoms with Gasteiger partial charge in [-0.3, -0.25) is 0 Å². The van der Waals surface area contributed by atoms with E-state index in [1.807, 2.05) is 18.2 Å². The SMILES string of the molecule is CS(=O)(=O)c1ccc(-c2nc[nH]c2C2=CC=CCC2=S)cc1. The van der Waals surface area contributed by atoms with Crippen LogP contribution >= 0.6 is 12.2 Å². The zero-order valence-corrected chi connectivity index (χ0v) is 13.5. The minimum atomic E-state index is -3.20. The maximum atomic E-state index is 11.5. The molecule has 0 aliphatic heterocycles. The van der Waals surface area contributed by atoms with Crippen molar-refractivity contribution in [1.82, 2.24) is 9.97 Å². The summed E-state index contributed by atoms with van der Waals surface area (Å²) in [6.07, 6.45) is 9.52. The molecule has 0 spiro atoms. The highest BCUT2D eigenvalue weighted by molar-refractivity contribution is 7.90. The second-order valence-corrected chi connectivity index (χ2v) is 7.57. The summed E-state index contributed by atoms with van der Waals surface area (Å²) in [5.74, 6) is 0. The molecule has 0 fully saturated rings. The number of nitrogens with one attached hydrogen (secondary N) is 1. The number of hydrogen-bond donors (Lipinski definition) is 1. The number of H-pyrrole nitrogens is 1. The van der Waals surface area contributed by atoms with Gasteiger partial charge in [0, 0.05) is 28.7 Å². The standard InChI is InChI=1S/C16H14N2O2S2/c1-22(19,20)12-8-6-11(7-9-12)15-16(18-10-17-15)13-4-2-3-5-14(13)21/h2-4,6-10H,5H2,1H3,(H,17,18). The Labute approximate surface area is 134 Å². The number of imidazole rings is 1. The van der Waals surface area contributed by atoms with E-state index in [2.05, 4.69) is 9.97 Å². The average molecular weight is 330 g/mol. The maximum Gasteiger partial charge on any atom is 0.175 e.